The molecule has 94 valence electrons. The lowest BCUT2D eigenvalue weighted by molar-refractivity contribution is 0.0913. The molecule has 0 saturated carbocycles. The van der Waals surface area contributed by atoms with Crippen LogP contribution in [0.3, 0.4) is 0 Å². The molecule has 0 bridgehead atoms. The van der Waals surface area contributed by atoms with Crippen molar-refractivity contribution in [3.05, 3.63) is 18.0 Å². The third-order valence-electron chi connectivity index (χ3n) is 3.54. The minimum Gasteiger partial charge on any atom is -0.350 e. The fraction of sp³-hybridized carbons (Fsp3) is 0.667. The van der Waals surface area contributed by atoms with Crippen molar-refractivity contribution in [2.75, 3.05) is 19.6 Å². The number of piperidine rings is 1. The third-order valence-corrected chi connectivity index (χ3v) is 3.54. The van der Waals surface area contributed by atoms with Gasteiger partial charge in [0.05, 0.1) is 0 Å². The van der Waals surface area contributed by atoms with E-state index in [1.807, 2.05) is 0 Å². The van der Waals surface area contributed by atoms with Crippen LogP contribution in [0.25, 0.3) is 0 Å². The lowest BCUT2D eigenvalue weighted by Crippen LogP contribution is -2.43. The summed E-state index contributed by atoms with van der Waals surface area (Å²) in [7, 11) is 1.78. The van der Waals surface area contributed by atoms with Gasteiger partial charge in [0.1, 0.15) is 5.69 Å². The normalized spacial score (nSPS) is 18.9. The lowest BCUT2D eigenvalue weighted by atomic mass is 9.81. The van der Waals surface area contributed by atoms with Crippen molar-refractivity contribution in [3.63, 3.8) is 0 Å². The van der Waals surface area contributed by atoms with Gasteiger partial charge in [0, 0.05) is 19.8 Å². The molecule has 2 N–H and O–H groups in total. The highest BCUT2D eigenvalue weighted by molar-refractivity contribution is 5.92. The molecule has 1 aromatic heterocycles. The standard InChI is InChI=1S/C12H20N4O/c1-12(4-7-13-8-5-12)9-14-11(17)10-3-6-15-16(10)2/h3,6,13H,4-5,7-9H2,1-2H3,(H,14,17). The molecule has 1 aromatic rings. The molecule has 0 aromatic carbocycles. The number of hydrogen-bond acceptors (Lipinski definition) is 3. The highest BCUT2D eigenvalue weighted by Crippen LogP contribution is 2.26. The Labute approximate surface area is 102 Å². The molecular weight excluding hydrogens is 216 g/mol. The van der Waals surface area contributed by atoms with Gasteiger partial charge < -0.3 is 10.6 Å². The molecule has 0 radical (unpaired) electrons. The Kier molecular flexibility index (Phi) is 3.47. The van der Waals surface area contributed by atoms with Crippen LogP contribution in [0.1, 0.15) is 30.3 Å². The van der Waals surface area contributed by atoms with Crippen molar-refractivity contribution in [1.29, 1.82) is 0 Å². The van der Waals surface area contributed by atoms with Crippen LogP contribution in [-0.2, 0) is 7.05 Å². The molecule has 0 aliphatic carbocycles. The van der Waals surface area contributed by atoms with Crippen molar-refractivity contribution in [3.8, 4) is 0 Å². The van der Waals surface area contributed by atoms with Crippen LogP contribution in [0, 0.1) is 5.41 Å². The second-order valence-corrected chi connectivity index (χ2v) is 5.08. The first-order valence-corrected chi connectivity index (χ1v) is 6.08. The minimum absolute atomic E-state index is 0.0373. The average molecular weight is 236 g/mol. The molecule has 17 heavy (non-hydrogen) atoms. The molecule has 1 saturated heterocycles. The molecule has 2 rings (SSSR count). The minimum atomic E-state index is -0.0373. The summed E-state index contributed by atoms with van der Waals surface area (Å²) in [4.78, 5) is 11.9. The highest BCUT2D eigenvalue weighted by atomic mass is 16.2. The molecule has 1 aliphatic heterocycles. The third kappa shape index (κ3) is 2.85. The molecule has 0 spiro atoms. The van der Waals surface area contributed by atoms with E-state index in [0.29, 0.717) is 5.69 Å². The summed E-state index contributed by atoms with van der Waals surface area (Å²) in [6, 6.07) is 1.74. The Hall–Kier alpha value is -1.36. The van der Waals surface area contributed by atoms with E-state index in [-0.39, 0.29) is 11.3 Å². The van der Waals surface area contributed by atoms with Crippen molar-refractivity contribution in [2.24, 2.45) is 12.5 Å². The molecule has 1 aliphatic rings. The number of carbonyl (C=O) groups is 1. The zero-order valence-electron chi connectivity index (χ0n) is 10.5. The summed E-state index contributed by atoms with van der Waals surface area (Å²) in [5.74, 6) is -0.0373. The van der Waals surface area contributed by atoms with E-state index >= 15 is 0 Å². The quantitative estimate of drug-likeness (QED) is 0.805. The number of aromatic nitrogens is 2. The number of hydrogen-bond donors (Lipinski definition) is 2. The first-order valence-electron chi connectivity index (χ1n) is 6.08. The fourth-order valence-corrected chi connectivity index (χ4v) is 2.19. The number of nitrogens with one attached hydrogen (secondary N) is 2. The number of rotatable bonds is 3. The van der Waals surface area contributed by atoms with Crippen molar-refractivity contribution >= 4 is 5.91 Å². The first kappa shape index (κ1) is 12.1. The Balaban J connectivity index is 1.90. The van der Waals surface area contributed by atoms with E-state index in [1.54, 1.807) is 24.0 Å². The SMILES string of the molecule is Cn1nccc1C(=O)NCC1(C)CCNCC1. The van der Waals surface area contributed by atoms with E-state index in [4.69, 9.17) is 0 Å². The topological polar surface area (TPSA) is 59.0 Å². The second-order valence-electron chi connectivity index (χ2n) is 5.08. The van der Waals surface area contributed by atoms with E-state index in [2.05, 4.69) is 22.7 Å². The maximum absolute atomic E-state index is 11.9. The summed E-state index contributed by atoms with van der Waals surface area (Å²) in [5.41, 5.74) is 0.835. The highest BCUT2D eigenvalue weighted by Gasteiger charge is 2.27. The van der Waals surface area contributed by atoms with Gasteiger partial charge >= 0.3 is 0 Å². The monoisotopic (exact) mass is 236 g/mol. The van der Waals surface area contributed by atoms with Gasteiger partial charge in [-0.05, 0) is 37.4 Å². The molecule has 0 atom stereocenters. The molecule has 5 nitrogen and oxygen atoms in total. The van der Waals surface area contributed by atoms with Gasteiger partial charge in [-0.1, -0.05) is 6.92 Å². The van der Waals surface area contributed by atoms with E-state index < -0.39 is 0 Å². The second kappa shape index (κ2) is 4.87. The lowest BCUT2D eigenvalue weighted by Gasteiger charge is -2.34. The summed E-state index contributed by atoms with van der Waals surface area (Å²) < 4.78 is 1.60. The number of nitrogens with zero attached hydrogens (tertiary/aromatic N) is 2. The molecule has 5 heteroatoms. The Morgan fingerprint density at radius 1 is 1.59 bits per heavy atom. The fourth-order valence-electron chi connectivity index (χ4n) is 2.19. The van der Waals surface area contributed by atoms with E-state index in [0.717, 1.165) is 32.5 Å². The maximum atomic E-state index is 11.9. The Bertz CT molecular complexity index is 393. The summed E-state index contributed by atoms with van der Waals surface area (Å²) in [6.07, 6.45) is 3.86. The van der Waals surface area contributed by atoms with Crippen molar-refractivity contribution in [2.45, 2.75) is 19.8 Å². The van der Waals surface area contributed by atoms with E-state index in [9.17, 15) is 4.79 Å². The first-order chi connectivity index (χ1) is 8.11. The predicted octanol–water partition coefficient (Wildman–Crippen LogP) is 0.540. The van der Waals surface area contributed by atoms with Crippen LogP contribution in [0.15, 0.2) is 12.3 Å². The molecule has 1 amide bonds. The molecule has 0 unspecified atom stereocenters. The Morgan fingerprint density at radius 3 is 2.88 bits per heavy atom. The average Bonchev–Trinajstić information content (AvgIpc) is 2.74. The van der Waals surface area contributed by atoms with Gasteiger partial charge in [-0.25, -0.2) is 0 Å². The largest absolute Gasteiger partial charge is 0.350 e. The van der Waals surface area contributed by atoms with Gasteiger partial charge in [-0.15, -0.1) is 0 Å². The van der Waals surface area contributed by atoms with Gasteiger partial charge in [0.2, 0.25) is 0 Å². The zero-order valence-corrected chi connectivity index (χ0v) is 10.5. The van der Waals surface area contributed by atoms with Gasteiger partial charge in [-0.3, -0.25) is 9.48 Å². The Morgan fingerprint density at radius 2 is 2.29 bits per heavy atom. The summed E-state index contributed by atoms with van der Waals surface area (Å²) in [5, 5.41) is 10.3. The van der Waals surface area contributed by atoms with E-state index in [1.165, 1.54) is 0 Å². The van der Waals surface area contributed by atoms with Crippen molar-refractivity contribution in [1.82, 2.24) is 20.4 Å². The van der Waals surface area contributed by atoms with Gasteiger partial charge in [-0.2, -0.15) is 5.10 Å². The van der Waals surface area contributed by atoms with Gasteiger partial charge in [0.15, 0.2) is 0 Å². The molecule has 2 heterocycles. The van der Waals surface area contributed by atoms with Crippen LogP contribution in [0.5, 0.6) is 0 Å². The summed E-state index contributed by atoms with van der Waals surface area (Å²) >= 11 is 0. The smallest absolute Gasteiger partial charge is 0.269 e. The van der Waals surface area contributed by atoms with Crippen LogP contribution in [-0.4, -0.2) is 35.3 Å². The zero-order chi connectivity index (χ0) is 12.3. The van der Waals surface area contributed by atoms with Crippen LogP contribution < -0.4 is 10.6 Å². The molecular formula is C12H20N4O. The van der Waals surface area contributed by atoms with Crippen molar-refractivity contribution < 1.29 is 4.79 Å². The summed E-state index contributed by atoms with van der Waals surface area (Å²) in [6.45, 7) is 5.05. The van der Waals surface area contributed by atoms with Crippen LogP contribution >= 0.6 is 0 Å². The van der Waals surface area contributed by atoms with Gasteiger partial charge in [0.25, 0.3) is 5.91 Å². The predicted molar refractivity (Wildman–Crippen MR) is 65.8 cm³/mol. The number of carbonyl (C=O) groups excluding carboxylic acids is 1. The number of aryl methyl sites for hydroxylation is 1. The maximum Gasteiger partial charge on any atom is 0.269 e. The molecule has 1 fully saturated rings. The van der Waals surface area contributed by atoms with Crippen LogP contribution in [0.4, 0.5) is 0 Å². The van der Waals surface area contributed by atoms with Crippen LogP contribution in [0.2, 0.25) is 0 Å². The number of amides is 1.